The van der Waals surface area contributed by atoms with Gasteiger partial charge in [0.05, 0.1) is 18.7 Å². The Morgan fingerprint density at radius 3 is 3.06 bits per heavy atom. The van der Waals surface area contributed by atoms with Gasteiger partial charge in [-0.15, -0.1) is 0 Å². The molecule has 1 saturated heterocycles. The molecule has 2 heterocycles. The highest BCUT2D eigenvalue weighted by molar-refractivity contribution is 5.24. The van der Waals surface area contributed by atoms with Crippen LogP contribution in [-0.4, -0.2) is 37.2 Å². The van der Waals surface area contributed by atoms with E-state index >= 15 is 0 Å². The second kappa shape index (κ2) is 4.22. The third kappa shape index (κ3) is 2.01. The summed E-state index contributed by atoms with van der Waals surface area (Å²) in [5.41, 5.74) is -0.518. The molecule has 90 valence electrons. The maximum absolute atomic E-state index is 13.2. The topological polar surface area (TPSA) is 12.5 Å². The highest BCUT2D eigenvalue weighted by Gasteiger charge is 2.47. The Hall–Kier alpha value is -0.810. The van der Waals surface area contributed by atoms with Gasteiger partial charge in [0.25, 0.3) is 6.08 Å². The van der Waals surface area contributed by atoms with E-state index in [1.807, 2.05) is 4.90 Å². The summed E-state index contributed by atoms with van der Waals surface area (Å²) in [6.45, 7) is 1.02. The van der Waals surface area contributed by atoms with E-state index in [0.29, 0.717) is 19.6 Å². The average Bonchev–Trinajstić information content (AvgIpc) is 2.55. The summed E-state index contributed by atoms with van der Waals surface area (Å²) in [6.07, 6.45) is 1.30. The molecule has 1 fully saturated rings. The van der Waals surface area contributed by atoms with E-state index in [0.717, 1.165) is 6.08 Å². The molecule has 0 bridgehead atoms. The number of halogens is 3. The van der Waals surface area contributed by atoms with Crippen LogP contribution in [0.2, 0.25) is 0 Å². The first-order valence-electron chi connectivity index (χ1n) is 5.20. The van der Waals surface area contributed by atoms with E-state index in [-0.39, 0.29) is 18.3 Å². The van der Waals surface area contributed by atoms with Crippen LogP contribution in [0.3, 0.4) is 0 Å². The van der Waals surface area contributed by atoms with Gasteiger partial charge in [-0.25, -0.2) is 4.39 Å². The largest absolute Gasteiger partial charge is 0.382 e. The summed E-state index contributed by atoms with van der Waals surface area (Å²) in [5.74, 6) is -0.412. The van der Waals surface area contributed by atoms with Crippen molar-refractivity contribution in [2.24, 2.45) is 5.92 Å². The zero-order chi connectivity index (χ0) is 11.8. The second-order valence-corrected chi connectivity index (χ2v) is 4.43. The lowest BCUT2D eigenvalue weighted by molar-refractivity contribution is 0.0847. The fraction of sp³-hybridized carbons (Fsp3) is 0.636. The summed E-state index contributed by atoms with van der Waals surface area (Å²) in [4.78, 5) is 1.87. The van der Waals surface area contributed by atoms with Crippen LogP contribution in [0.1, 0.15) is 6.42 Å². The van der Waals surface area contributed by atoms with Crippen LogP contribution in [0.4, 0.5) is 13.2 Å². The van der Waals surface area contributed by atoms with Crippen LogP contribution < -0.4 is 0 Å². The molecule has 2 aliphatic rings. The van der Waals surface area contributed by atoms with E-state index in [2.05, 4.69) is 0 Å². The van der Waals surface area contributed by atoms with Crippen molar-refractivity contribution in [2.75, 3.05) is 26.8 Å². The average molecular weight is 233 g/mol. The zero-order valence-electron chi connectivity index (χ0n) is 9.05. The van der Waals surface area contributed by atoms with Crippen LogP contribution >= 0.6 is 0 Å². The van der Waals surface area contributed by atoms with Crippen LogP contribution in [0, 0.1) is 5.92 Å². The number of nitrogens with zero attached hydrogens (tertiary/aromatic N) is 1. The van der Waals surface area contributed by atoms with E-state index in [1.54, 1.807) is 0 Å². The van der Waals surface area contributed by atoms with Gasteiger partial charge in [0.2, 0.25) is 0 Å². The molecule has 0 unspecified atom stereocenters. The van der Waals surface area contributed by atoms with E-state index in [9.17, 15) is 13.2 Å². The molecule has 0 N–H and O–H groups in total. The van der Waals surface area contributed by atoms with Gasteiger partial charge in [0.15, 0.2) is 0 Å². The molecule has 0 aliphatic carbocycles. The Balaban J connectivity index is 2.16. The van der Waals surface area contributed by atoms with Gasteiger partial charge in [-0.3, -0.25) is 4.90 Å². The third-order valence-electron chi connectivity index (χ3n) is 3.22. The Bertz CT molecular complexity index is 338. The van der Waals surface area contributed by atoms with Crippen molar-refractivity contribution in [1.82, 2.24) is 4.90 Å². The summed E-state index contributed by atoms with van der Waals surface area (Å²) < 4.78 is 42.6. The van der Waals surface area contributed by atoms with Crippen LogP contribution in [0.15, 0.2) is 24.1 Å². The van der Waals surface area contributed by atoms with Crippen LogP contribution in [-0.2, 0) is 4.74 Å². The van der Waals surface area contributed by atoms with Crippen molar-refractivity contribution in [3.63, 3.8) is 0 Å². The van der Waals surface area contributed by atoms with Crippen molar-refractivity contribution >= 4 is 0 Å². The Morgan fingerprint density at radius 1 is 1.69 bits per heavy atom. The molecule has 0 spiro atoms. The molecular weight excluding hydrogens is 219 g/mol. The minimum atomic E-state index is -1.66. The number of ether oxygens (including phenoxy) is 1. The highest BCUT2D eigenvalue weighted by atomic mass is 19.3. The van der Waals surface area contributed by atoms with Gasteiger partial charge in [0.1, 0.15) is 5.83 Å². The molecule has 0 aromatic carbocycles. The third-order valence-corrected chi connectivity index (χ3v) is 3.22. The minimum Gasteiger partial charge on any atom is -0.382 e. The Labute approximate surface area is 92.4 Å². The monoisotopic (exact) mass is 233 g/mol. The molecule has 0 aromatic rings. The number of methoxy groups -OCH3 is 1. The lowest BCUT2D eigenvalue weighted by Crippen LogP contribution is -2.42. The quantitative estimate of drug-likeness (QED) is 0.741. The zero-order valence-corrected chi connectivity index (χ0v) is 9.05. The summed E-state index contributed by atoms with van der Waals surface area (Å²) >= 11 is 0. The second-order valence-electron chi connectivity index (χ2n) is 4.43. The summed E-state index contributed by atoms with van der Waals surface area (Å²) in [7, 11) is 1.54. The van der Waals surface area contributed by atoms with Gasteiger partial charge >= 0.3 is 0 Å². The Morgan fingerprint density at radius 2 is 2.44 bits per heavy atom. The highest BCUT2D eigenvalue weighted by Crippen LogP contribution is 2.41. The lowest BCUT2D eigenvalue weighted by atomic mass is 9.93. The molecule has 0 aromatic heterocycles. The predicted octanol–water partition coefficient (Wildman–Crippen LogP) is 2.34. The van der Waals surface area contributed by atoms with E-state index in [1.165, 1.54) is 13.2 Å². The predicted molar refractivity (Wildman–Crippen MR) is 53.8 cm³/mol. The molecule has 5 heteroatoms. The van der Waals surface area contributed by atoms with E-state index < -0.39 is 11.6 Å². The maximum atomic E-state index is 13.2. The van der Waals surface area contributed by atoms with E-state index in [4.69, 9.17) is 4.74 Å². The van der Waals surface area contributed by atoms with Crippen molar-refractivity contribution in [1.29, 1.82) is 0 Å². The van der Waals surface area contributed by atoms with Gasteiger partial charge < -0.3 is 4.74 Å². The minimum absolute atomic E-state index is 0.194. The molecule has 2 nitrogen and oxygen atoms in total. The van der Waals surface area contributed by atoms with Crippen molar-refractivity contribution in [3.05, 3.63) is 24.1 Å². The molecule has 2 aliphatic heterocycles. The smallest absolute Gasteiger partial charge is 0.266 e. The number of rotatable bonds is 3. The molecule has 0 saturated carbocycles. The first-order chi connectivity index (χ1) is 7.55. The maximum Gasteiger partial charge on any atom is 0.266 e. The van der Waals surface area contributed by atoms with Crippen molar-refractivity contribution in [3.8, 4) is 0 Å². The number of hydrogen-bond donors (Lipinski definition) is 0. The van der Waals surface area contributed by atoms with Gasteiger partial charge in [-0.05, 0) is 24.5 Å². The first-order valence-corrected chi connectivity index (χ1v) is 5.20. The van der Waals surface area contributed by atoms with Gasteiger partial charge in [-0.2, -0.15) is 8.78 Å². The SMILES string of the molecule is COC[C@]12C=C(F)CN1C[C@@H](C=C(F)F)C2. The molecule has 0 radical (unpaired) electrons. The fourth-order valence-corrected chi connectivity index (χ4v) is 2.74. The van der Waals surface area contributed by atoms with Crippen LogP contribution in [0.25, 0.3) is 0 Å². The first kappa shape index (κ1) is 11.7. The molecule has 2 atom stereocenters. The van der Waals surface area contributed by atoms with Crippen LogP contribution in [0.5, 0.6) is 0 Å². The van der Waals surface area contributed by atoms with Gasteiger partial charge in [0, 0.05) is 13.7 Å². The normalized spacial score (nSPS) is 33.8. The molecule has 0 amide bonds. The molecular formula is C11H14F3NO. The molecule has 16 heavy (non-hydrogen) atoms. The van der Waals surface area contributed by atoms with Crippen molar-refractivity contribution < 1.29 is 17.9 Å². The number of hydrogen-bond acceptors (Lipinski definition) is 2. The summed E-state index contributed by atoms with van der Waals surface area (Å²) in [5, 5.41) is 0. The Kier molecular flexibility index (Phi) is 3.08. The fourth-order valence-electron chi connectivity index (χ4n) is 2.74. The molecule has 2 rings (SSSR count). The number of fused-ring (bicyclic) bond motifs is 1. The van der Waals surface area contributed by atoms with Crippen molar-refractivity contribution in [2.45, 2.75) is 12.0 Å². The van der Waals surface area contributed by atoms with Gasteiger partial charge in [-0.1, -0.05) is 0 Å². The standard InChI is InChI=1S/C11H14F3NO/c1-16-7-11-3-8(2-10(13)14)5-15(11)6-9(12)4-11/h2,4,8H,3,5-7H2,1H3/t8-,11-/m0/s1. The lowest BCUT2D eigenvalue weighted by Gasteiger charge is -2.29. The summed E-state index contributed by atoms with van der Waals surface area (Å²) in [6, 6.07) is 0.